The highest BCUT2D eigenvalue weighted by molar-refractivity contribution is 6.14. The lowest BCUT2D eigenvalue weighted by Gasteiger charge is -2.20. The quantitative estimate of drug-likeness (QED) is 0.714. The zero-order chi connectivity index (χ0) is 20.3. The van der Waals surface area contributed by atoms with Gasteiger partial charge in [-0.2, -0.15) is 0 Å². The van der Waals surface area contributed by atoms with Gasteiger partial charge in [0.2, 0.25) is 0 Å². The van der Waals surface area contributed by atoms with Crippen molar-refractivity contribution < 1.29 is 14.0 Å². The number of anilines is 1. The van der Waals surface area contributed by atoms with Crippen molar-refractivity contribution in [2.24, 2.45) is 0 Å². The van der Waals surface area contributed by atoms with Crippen molar-refractivity contribution >= 4 is 28.4 Å². The largest absolute Gasteiger partial charge is 0.339 e. The smallest absolute Gasteiger partial charge is 0.256 e. The average molecular weight is 379 g/mol. The fourth-order valence-corrected chi connectivity index (χ4v) is 3.17. The molecular weight excluding hydrogens is 357 g/mol. The van der Waals surface area contributed by atoms with Gasteiger partial charge in [-0.05, 0) is 51.1 Å². The van der Waals surface area contributed by atoms with E-state index >= 15 is 0 Å². The van der Waals surface area contributed by atoms with Crippen LogP contribution in [0.1, 0.15) is 40.3 Å². The molecule has 3 aromatic rings. The van der Waals surface area contributed by atoms with E-state index in [0.717, 1.165) is 0 Å². The van der Waals surface area contributed by atoms with E-state index in [0.29, 0.717) is 46.5 Å². The first-order chi connectivity index (χ1) is 13.4. The Balaban J connectivity index is 1.99. The molecule has 0 saturated carbocycles. The lowest BCUT2D eigenvalue weighted by atomic mass is 10.1. The zero-order valence-electron chi connectivity index (χ0n) is 16.1. The first kappa shape index (κ1) is 19.5. The third kappa shape index (κ3) is 3.86. The summed E-state index contributed by atoms with van der Waals surface area (Å²) in [4.78, 5) is 31.8. The third-order valence-corrected chi connectivity index (χ3v) is 4.60. The van der Waals surface area contributed by atoms with Crippen LogP contribution in [0.15, 0.2) is 48.5 Å². The minimum Gasteiger partial charge on any atom is -0.339 e. The summed E-state index contributed by atoms with van der Waals surface area (Å²) in [6.45, 7) is 6.73. The van der Waals surface area contributed by atoms with Crippen LogP contribution < -0.4 is 5.32 Å². The molecule has 1 aromatic heterocycles. The molecule has 0 radical (unpaired) electrons. The number of halogens is 1. The van der Waals surface area contributed by atoms with Gasteiger partial charge in [-0.3, -0.25) is 14.6 Å². The van der Waals surface area contributed by atoms with Crippen molar-refractivity contribution in [3.05, 3.63) is 71.2 Å². The van der Waals surface area contributed by atoms with Gasteiger partial charge in [0.25, 0.3) is 11.8 Å². The summed E-state index contributed by atoms with van der Waals surface area (Å²) in [5.41, 5.74) is 2.27. The second kappa shape index (κ2) is 8.17. The highest BCUT2D eigenvalue weighted by Crippen LogP contribution is 2.23. The third-order valence-electron chi connectivity index (χ3n) is 4.60. The number of amides is 2. The fraction of sp³-hybridized carbons (Fsp3) is 0.227. The molecule has 0 spiro atoms. The van der Waals surface area contributed by atoms with Gasteiger partial charge in [-0.1, -0.05) is 12.1 Å². The number of hydrogen-bond donors (Lipinski definition) is 1. The predicted molar refractivity (Wildman–Crippen MR) is 108 cm³/mol. The van der Waals surface area contributed by atoms with Crippen LogP contribution in [0.5, 0.6) is 0 Å². The van der Waals surface area contributed by atoms with E-state index in [1.807, 2.05) is 13.8 Å². The Morgan fingerprint density at radius 3 is 2.46 bits per heavy atom. The molecule has 0 bridgehead atoms. The number of aromatic nitrogens is 1. The van der Waals surface area contributed by atoms with Crippen LogP contribution in [0.3, 0.4) is 0 Å². The van der Waals surface area contributed by atoms with Crippen molar-refractivity contribution in [1.29, 1.82) is 0 Å². The number of carbonyl (C=O) groups excluding carboxylic acids is 2. The van der Waals surface area contributed by atoms with Gasteiger partial charge in [0, 0.05) is 30.2 Å². The first-order valence-electron chi connectivity index (χ1n) is 9.21. The highest BCUT2D eigenvalue weighted by atomic mass is 19.1. The number of nitrogens with zero attached hydrogens (tertiary/aromatic N) is 2. The number of nitrogens with one attached hydrogen (secondary N) is 1. The molecule has 1 heterocycles. The molecule has 0 aliphatic heterocycles. The second-order valence-corrected chi connectivity index (χ2v) is 6.45. The van der Waals surface area contributed by atoms with Gasteiger partial charge in [0.1, 0.15) is 5.82 Å². The summed E-state index contributed by atoms with van der Waals surface area (Å²) >= 11 is 0. The first-order valence-corrected chi connectivity index (χ1v) is 9.21. The molecule has 28 heavy (non-hydrogen) atoms. The van der Waals surface area contributed by atoms with Crippen LogP contribution in [-0.4, -0.2) is 34.8 Å². The van der Waals surface area contributed by atoms with Crippen LogP contribution in [0, 0.1) is 12.7 Å². The summed E-state index contributed by atoms with van der Waals surface area (Å²) in [5, 5.41) is 3.39. The van der Waals surface area contributed by atoms with Crippen molar-refractivity contribution in [1.82, 2.24) is 9.88 Å². The van der Waals surface area contributed by atoms with Crippen molar-refractivity contribution in [3.8, 4) is 0 Å². The normalized spacial score (nSPS) is 10.7. The number of aryl methyl sites for hydroxylation is 1. The summed E-state index contributed by atoms with van der Waals surface area (Å²) in [5.74, 6) is -0.923. The van der Waals surface area contributed by atoms with Crippen LogP contribution >= 0.6 is 0 Å². The Bertz CT molecular complexity index is 1040. The summed E-state index contributed by atoms with van der Waals surface area (Å²) in [6, 6.07) is 12.7. The molecule has 3 rings (SSSR count). The van der Waals surface area contributed by atoms with Gasteiger partial charge in [0.05, 0.1) is 22.3 Å². The summed E-state index contributed by atoms with van der Waals surface area (Å²) < 4.78 is 13.5. The topological polar surface area (TPSA) is 62.3 Å². The molecule has 0 atom stereocenters. The SMILES string of the molecule is CCN(CC)C(=O)c1ccccc1NC(=O)c1cc(C)nc2cc(F)ccc12. The maximum absolute atomic E-state index is 13.5. The molecule has 0 aliphatic carbocycles. The molecule has 0 aliphatic rings. The van der Waals surface area contributed by atoms with Crippen LogP contribution in [0.4, 0.5) is 10.1 Å². The zero-order valence-corrected chi connectivity index (χ0v) is 16.1. The Labute approximate surface area is 163 Å². The number of carbonyl (C=O) groups is 2. The van der Waals surface area contributed by atoms with Crippen LogP contribution in [0.2, 0.25) is 0 Å². The highest BCUT2D eigenvalue weighted by Gasteiger charge is 2.19. The standard InChI is InChI=1S/C22H22FN3O2/c1-4-26(5-2)22(28)17-8-6-7-9-19(17)25-21(27)18-12-14(3)24-20-13-15(23)10-11-16(18)20/h6-13H,4-5H2,1-3H3,(H,25,27). The predicted octanol–water partition coefficient (Wildman–Crippen LogP) is 4.42. The number of fused-ring (bicyclic) bond motifs is 1. The van der Waals surface area contributed by atoms with E-state index in [1.165, 1.54) is 12.1 Å². The van der Waals surface area contributed by atoms with Gasteiger partial charge < -0.3 is 10.2 Å². The van der Waals surface area contributed by atoms with E-state index in [9.17, 15) is 14.0 Å². The molecular formula is C22H22FN3O2. The Morgan fingerprint density at radius 1 is 1.04 bits per heavy atom. The van der Waals surface area contributed by atoms with Gasteiger partial charge in [0.15, 0.2) is 0 Å². The van der Waals surface area contributed by atoms with E-state index in [1.54, 1.807) is 48.2 Å². The monoisotopic (exact) mass is 379 g/mol. The van der Waals surface area contributed by atoms with Gasteiger partial charge >= 0.3 is 0 Å². The minimum atomic E-state index is -0.410. The summed E-state index contributed by atoms with van der Waals surface area (Å²) in [6.07, 6.45) is 0. The Kier molecular flexibility index (Phi) is 5.68. The molecule has 1 N–H and O–H groups in total. The van der Waals surface area contributed by atoms with E-state index < -0.39 is 5.82 Å². The average Bonchev–Trinajstić information content (AvgIpc) is 2.68. The number of para-hydroxylation sites is 1. The Morgan fingerprint density at radius 2 is 1.75 bits per heavy atom. The van der Waals surface area contributed by atoms with E-state index in [-0.39, 0.29) is 11.8 Å². The molecule has 0 fully saturated rings. The second-order valence-electron chi connectivity index (χ2n) is 6.45. The van der Waals surface area contributed by atoms with E-state index in [4.69, 9.17) is 0 Å². The number of pyridine rings is 1. The van der Waals surface area contributed by atoms with Crippen LogP contribution in [-0.2, 0) is 0 Å². The van der Waals surface area contributed by atoms with Crippen molar-refractivity contribution in [2.75, 3.05) is 18.4 Å². The molecule has 2 aromatic carbocycles. The Hall–Kier alpha value is -3.28. The number of hydrogen-bond acceptors (Lipinski definition) is 3. The van der Waals surface area contributed by atoms with Crippen molar-refractivity contribution in [3.63, 3.8) is 0 Å². The molecule has 0 saturated heterocycles. The lowest BCUT2D eigenvalue weighted by Crippen LogP contribution is -2.31. The molecule has 0 unspecified atom stereocenters. The summed E-state index contributed by atoms with van der Waals surface area (Å²) in [7, 11) is 0. The molecule has 5 nitrogen and oxygen atoms in total. The number of benzene rings is 2. The molecule has 6 heteroatoms. The van der Waals surface area contributed by atoms with Crippen LogP contribution in [0.25, 0.3) is 10.9 Å². The fourth-order valence-electron chi connectivity index (χ4n) is 3.17. The molecule has 2 amide bonds. The molecule has 144 valence electrons. The van der Waals surface area contributed by atoms with E-state index in [2.05, 4.69) is 10.3 Å². The number of rotatable bonds is 5. The van der Waals surface area contributed by atoms with Gasteiger partial charge in [-0.15, -0.1) is 0 Å². The maximum atomic E-state index is 13.5. The van der Waals surface area contributed by atoms with Crippen molar-refractivity contribution in [2.45, 2.75) is 20.8 Å². The van der Waals surface area contributed by atoms with Gasteiger partial charge in [-0.25, -0.2) is 4.39 Å². The maximum Gasteiger partial charge on any atom is 0.256 e. The lowest BCUT2D eigenvalue weighted by molar-refractivity contribution is 0.0774. The minimum absolute atomic E-state index is 0.140.